The molecule has 1 atom stereocenters. The van der Waals surface area contributed by atoms with Gasteiger partial charge in [0.05, 0.1) is 29.9 Å². The van der Waals surface area contributed by atoms with Crippen molar-refractivity contribution < 1.29 is 14.3 Å². The normalized spacial score (nSPS) is 20.1. The maximum absolute atomic E-state index is 12.7. The lowest BCUT2D eigenvalue weighted by Gasteiger charge is -2.40. The van der Waals surface area contributed by atoms with Gasteiger partial charge in [0.15, 0.2) is 5.65 Å². The van der Waals surface area contributed by atoms with Gasteiger partial charge in [-0.15, -0.1) is 5.10 Å². The minimum atomic E-state index is -0.483. The molecule has 2 fully saturated rings. The third-order valence-electron chi connectivity index (χ3n) is 7.55. The molecule has 6 heterocycles. The van der Waals surface area contributed by atoms with E-state index in [1.807, 2.05) is 55.6 Å². The summed E-state index contributed by atoms with van der Waals surface area (Å²) >= 11 is 0. The summed E-state index contributed by atoms with van der Waals surface area (Å²) in [6.07, 6.45) is 8.58. The molecule has 2 saturated heterocycles. The van der Waals surface area contributed by atoms with E-state index in [0.29, 0.717) is 6.61 Å². The predicted molar refractivity (Wildman–Crippen MR) is 146 cm³/mol. The number of carbonyl (C=O) groups excluding carboxylic acids is 1. The van der Waals surface area contributed by atoms with Crippen molar-refractivity contribution in [1.29, 1.82) is 0 Å². The van der Waals surface area contributed by atoms with E-state index in [1.165, 1.54) is 0 Å². The van der Waals surface area contributed by atoms with Gasteiger partial charge in [0.1, 0.15) is 17.2 Å². The largest absolute Gasteiger partial charge is 0.492 e. The Bertz CT molecular complexity index is 1470. The first-order chi connectivity index (χ1) is 18.2. The van der Waals surface area contributed by atoms with E-state index in [1.54, 1.807) is 6.20 Å². The van der Waals surface area contributed by atoms with Crippen LogP contribution in [0.2, 0.25) is 0 Å². The lowest BCUT2D eigenvalue weighted by Crippen LogP contribution is -2.48. The lowest BCUT2D eigenvalue weighted by atomic mass is 9.79. The number of likely N-dealkylation sites (tertiary alicyclic amines) is 1. The molecular formula is C28H35N7O3. The third kappa shape index (κ3) is 4.52. The summed E-state index contributed by atoms with van der Waals surface area (Å²) in [5.74, 6) is 1.71. The number of hydrogen-bond donors (Lipinski definition) is 1. The fourth-order valence-electron chi connectivity index (χ4n) is 5.89. The van der Waals surface area contributed by atoms with Crippen molar-refractivity contribution in [3.63, 3.8) is 0 Å². The van der Waals surface area contributed by atoms with Crippen LogP contribution in [0.5, 0.6) is 5.75 Å². The van der Waals surface area contributed by atoms with E-state index >= 15 is 0 Å². The summed E-state index contributed by atoms with van der Waals surface area (Å²) in [5.41, 5.74) is 3.29. The first kappa shape index (κ1) is 24.5. The van der Waals surface area contributed by atoms with Crippen LogP contribution in [0, 0.1) is 5.41 Å². The number of hydrogen-bond acceptors (Lipinski definition) is 7. The Morgan fingerprint density at radius 3 is 2.79 bits per heavy atom. The molecule has 10 heteroatoms. The summed E-state index contributed by atoms with van der Waals surface area (Å²) in [6, 6.07) is 6.25. The van der Waals surface area contributed by atoms with Crippen LogP contribution >= 0.6 is 0 Å². The number of rotatable bonds is 4. The number of aromatic amines is 1. The quantitative estimate of drug-likeness (QED) is 0.411. The van der Waals surface area contributed by atoms with Gasteiger partial charge in [0.2, 0.25) is 0 Å². The maximum atomic E-state index is 12.7. The van der Waals surface area contributed by atoms with Gasteiger partial charge in [-0.05, 0) is 65.2 Å². The third-order valence-corrected chi connectivity index (χ3v) is 7.55. The minimum absolute atomic E-state index is 0.0813. The average molecular weight is 518 g/mol. The molecule has 200 valence electrons. The zero-order chi connectivity index (χ0) is 26.5. The number of carbonyl (C=O) groups is 1. The lowest BCUT2D eigenvalue weighted by molar-refractivity contribution is 0.00713. The van der Waals surface area contributed by atoms with Crippen LogP contribution in [0.4, 0.5) is 10.6 Å². The highest BCUT2D eigenvalue weighted by atomic mass is 16.6. The smallest absolute Gasteiger partial charge is 0.410 e. The van der Waals surface area contributed by atoms with Crippen molar-refractivity contribution in [2.24, 2.45) is 5.41 Å². The van der Waals surface area contributed by atoms with E-state index in [9.17, 15) is 4.79 Å². The van der Waals surface area contributed by atoms with Crippen LogP contribution < -0.4 is 9.64 Å². The number of piperidine rings is 1. The zero-order valence-electron chi connectivity index (χ0n) is 22.5. The molecule has 1 amide bonds. The van der Waals surface area contributed by atoms with Crippen molar-refractivity contribution in [2.45, 2.75) is 52.6 Å². The molecule has 2 aliphatic heterocycles. The van der Waals surface area contributed by atoms with Gasteiger partial charge in [-0.25, -0.2) is 14.3 Å². The number of aromatic nitrogens is 5. The molecule has 4 aromatic heterocycles. The van der Waals surface area contributed by atoms with E-state index < -0.39 is 5.60 Å². The average Bonchev–Trinajstić information content (AvgIpc) is 3.58. The first-order valence-electron chi connectivity index (χ1n) is 13.4. The van der Waals surface area contributed by atoms with E-state index in [-0.39, 0.29) is 11.5 Å². The molecule has 6 rings (SSSR count). The van der Waals surface area contributed by atoms with Crippen LogP contribution in [0.1, 0.15) is 47.0 Å². The molecule has 1 N–H and O–H groups in total. The number of ether oxygens (including phenoxy) is 2. The van der Waals surface area contributed by atoms with E-state index in [4.69, 9.17) is 14.5 Å². The molecule has 10 nitrogen and oxygen atoms in total. The molecule has 0 bridgehead atoms. The Balaban J connectivity index is 1.23. The zero-order valence-corrected chi connectivity index (χ0v) is 22.5. The summed E-state index contributed by atoms with van der Waals surface area (Å²) < 4.78 is 13.3. The number of amides is 1. The minimum Gasteiger partial charge on any atom is -0.492 e. The van der Waals surface area contributed by atoms with E-state index in [2.05, 4.69) is 32.3 Å². The van der Waals surface area contributed by atoms with Crippen LogP contribution in [0.15, 0.2) is 36.8 Å². The summed E-state index contributed by atoms with van der Waals surface area (Å²) in [7, 11) is 0. The topological polar surface area (TPSA) is 101 Å². The molecule has 2 aliphatic rings. The standard InChI is InChI=1S/C28H35N7O3/c1-5-37-20-13-21(24-22-15-30-31-25(22)32-35(24)16-20)19-7-8-23(29-14-19)33-12-10-28(17-33)9-6-11-34(18-28)26(36)38-27(2,3)4/h7-8,13-16H,5-6,9-12,17-18H2,1-4H3,(H,31,32). The Hall–Kier alpha value is -3.82. The molecular weight excluding hydrogens is 482 g/mol. The van der Waals surface area contributed by atoms with Crippen molar-refractivity contribution in [2.75, 3.05) is 37.7 Å². The van der Waals surface area contributed by atoms with Crippen molar-refractivity contribution in [3.05, 3.63) is 36.8 Å². The fourth-order valence-corrected chi connectivity index (χ4v) is 5.89. The Morgan fingerprint density at radius 2 is 2.03 bits per heavy atom. The van der Waals surface area contributed by atoms with Gasteiger partial charge in [0.25, 0.3) is 0 Å². The fraction of sp³-hybridized carbons (Fsp3) is 0.500. The number of anilines is 1. The van der Waals surface area contributed by atoms with E-state index in [0.717, 1.165) is 84.7 Å². The van der Waals surface area contributed by atoms with Gasteiger partial charge in [-0.1, -0.05) is 0 Å². The number of pyridine rings is 2. The van der Waals surface area contributed by atoms with Gasteiger partial charge in [0, 0.05) is 48.9 Å². The monoisotopic (exact) mass is 517 g/mol. The van der Waals surface area contributed by atoms with Crippen LogP contribution in [0.3, 0.4) is 0 Å². The number of nitrogens with zero attached hydrogens (tertiary/aromatic N) is 6. The van der Waals surface area contributed by atoms with Gasteiger partial charge in [-0.3, -0.25) is 5.10 Å². The molecule has 4 aromatic rings. The molecule has 38 heavy (non-hydrogen) atoms. The molecule has 0 radical (unpaired) electrons. The number of nitrogens with one attached hydrogen (secondary N) is 1. The van der Waals surface area contributed by atoms with Crippen LogP contribution in [0.25, 0.3) is 27.7 Å². The van der Waals surface area contributed by atoms with Gasteiger partial charge in [-0.2, -0.15) is 5.10 Å². The SMILES string of the molecule is CCOc1cc(-c2ccc(N3CCC4(CCCN(C(=O)OC(C)(C)C)C4)C3)nc2)c2c3cn[nH]c3nn2c1. The predicted octanol–water partition coefficient (Wildman–Crippen LogP) is 4.90. The highest BCUT2D eigenvalue weighted by Crippen LogP contribution is 2.41. The Kier molecular flexibility index (Phi) is 5.92. The highest BCUT2D eigenvalue weighted by molar-refractivity contribution is 6.00. The second kappa shape index (κ2) is 9.18. The van der Waals surface area contributed by atoms with Crippen LogP contribution in [-0.4, -0.2) is 74.2 Å². The highest BCUT2D eigenvalue weighted by Gasteiger charge is 2.43. The van der Waals surface area contributed by atoms with Crippen molar-refractivity contribution >= 4 is 28.5 Å². The Labute approximate surface area is 221 Å². The molecule has 1 spiro atoms. The maximum Gasteiger partial charge on any atom is 0.410 e. The second-order valence-electron chi connectivity index (χ2n) is 11.5. The summed E-state index contributed by atoms with van der Waals surface area (Å²) in [4.78, 5) is 21.9. The summed E-state index contributed by atoms with van der Waals surface area (Å²) in [6.45, 7) is 11.6. The molecule has 0 saturated carbocycles. The van der Waals surface area contributed by atoms with Gasteiger partial charge < -0.3 is 19.3 Å². The number of fused-ring (bicyclic) bond motifs is 3. The molecule has 1 unspecified atom stereocenters. The second-order valence-corrected chi connectivity index (χ2v) is 11.5. The van der Waals surface area contributed by atoms with Crippen LogP contribution in [-0.2, 0) is 4.74 Å². The van der Waals surface area contributed by atoms with Crippen molar-refractivity contribution in [3.8, 4) is 16.9 Å². The number of H-pyrrole nitrogens is 1. The van der Waals surface area contributed by atoms with Crippen molar-refractivity contribution in [1.82, 2.24) is 29.7 Å². The molecule has 0 aliphatic carbocycles. The summed E-state index contributed by atoms with van der Waals surface area (Å²) in [5, 5.41) is 12.7. The molecule has 0 aromatic carbocycles. The first-order valence-corrected chi connectivity index (χ1v) is 13.4. The van der Waals surface area contributed by atoms with Gasteiger partial charge >= 0.3 is 6.09 Å². The Morgan fingerprint density at radius 1 is 1.16 bits per heavy atom.